The molecule has 0 fully saturated rings. The molecule has 7 heteroatoms. The fourth-order valence-electron chi connectivity index (χ4n) is 2.44. The van der Waals surface area contributed by atoms with E-state index in [2.05, 4.69) is 39.8 Å². The first-order chi connectivity index (χ1) is 12.4. The second-order valence-corrected chi connectivity index (χ2v) is 7.71. The largest absolute Gasteiger partial charge is 0.352 e. The maximum Gasteiger partial charge on any atom is 0.191 e. The first-order valence-corrected chi connectivity index (χ1v) is 9.58. The van der Waals surface area contributed by atoms with Crippen LogP contribution in [0.3, 0.4) is 0 Å². The fraction of sp³-hybridized carbons (Fsp3) is 0.474. The number of nitrogens with one attached hydrogen (secondary N) is 2. The molecule has 0 bridgehead atoms. The van der Waals surface area contributed by atoms with Crippen LogP contribution in [0.1, 0.15) is 41.6 Å². The number of rotatable bonds is 7. The maximum atomic E-state index is 13.9. The van der Waals surface area contributed by atoms with Crippen LogP contribution >= 0.6 is 11.3 Å². The minimum Gasteiger partial charge on any atom is -0.352 e. The molecular formula is C19H28FN5S. The Balaban J connectivity index is 1.90. The van der Waals surface area contributed by atoms with E-state index >= 15 is 0 Å². The predicted molar refractivity (Wildman–Crippen MR) is 107 cm³/mol. The molecule has 0 radical (unpaired) electrons. The third-order valence-electron chi connectivity index (χ3n) is 3.85. The van der Waals surface area contributed by atoms with E-state index in [1.165, 1.54) is 6.07 Å². The van der Waals surface area contributed by atoms with Crippen LogP contribution in [0, 0.1) is 5.82 Å². The smallest absolute Gasteiger partial charge is 0.191 e. The molecule has 1 aromatic carbocycles. The van der Waals surface area contributed by atoms with Crippen molar-refractivity contribution < 1.29 is 4.39 Å². The van der Waals surface area contributed by atoms with Crippen molar-refractivity contribution >= 4 is 17.3 Å². The number of guanidine groups is 1. The van der Waals surface area contributed by atoms with Crippen molar-refractivity contribution in [1.82, 2.24) is 20.5 Å². The van der Waals surface area contributed by atoms with Gasteiger partial charge in [0.05, 0.1) is 12.2 Å². The molecule has 0 atom stereocenters. The average molecular weight is 378 g/mol. The number of hydrogen-bond donors (Lipinski definition) is 2. The van der Waals surface area contributed by atoms with E-state index in [1.54, 1.807) is 24.5 Å². The van der Waals surface area contributed by atoms with Gasteiger partial charge >= 0.3 is 0 Å². The van der Waals surface area contributed by atoms with Gasteiger partial charge in [-0.1, -0.05) is 19.9 Å². The summed E-state index contributed by atoms with van der Waals surface area (Å²) < 4.78 is 13.9. The zero-order chi connectivity index (χ0) is 19.1. The molecule has 142 valence electrons. The molecule has 0 spiro atoms. The molecule has 0 amide bonds. The number of hydrogen-bond acceptors (Lipinski definition) is 4. The van der Waals surface area contributed by atoms with Crippen molar-refractivity contribution in [1.29, 1.82) is 0 Å². The number of nitrogens with zero attached hydrogens (tertiary/aromatic N) is 3. The zero-order valence-electron chi connectivity index (χ0n) is 16.1. The Labute approximate surface area is 159 Å². The monoisotopic (exact) mass is 377 g/mol. The first-order valence-electron chi connectivity index (χ1n) is 8.70. The highest BCUT2D eigenvalue weighted by Gasteiger charge is 2.08. The fourth-order valence-corrected chi connectivity index (χ4v) is 3.33. The summed E-state index contributed by atoms with van der Waals surface area (Å²) in [5.74, 6) is 0.965. The van der Waals surface area contributed by atoms with Gasteiger partial charge in [0.15, 0.2) is 5.96 Å². The highest BCUT2D eigenvalue weighted by molar-refractivity contribution is 7.09. The summed E-state index contributed by atoms with van der Waals surface area (Å²) in [6, 6.07) is 5.21. The second kappa shape index (κ2) is 9.64. The summed E-state index contributed by atoms with van der Waals surface area (Å²) in [4.78, 5) is 10.8. The van der Waals surface area contributed by atoms with E-state index in [-0.39, 0.29) is 5.82 Å². The lowest BCUT2D eigenvalue weighted by Crippen LogP contribution is -2.36. The lowest BCUT2D eigenvalue weighted by molar-refractivity contribution is 0.392. The summed E-state index contributed by atoms with van der Waals surface area (Å²) in [5, 5.41) is 9.67. The Morgan fingerprint density at radius 2 is 2.00 bits per heavy atom. The van der Waals surface area contributed by atoms with Crippen molar-refractivity contribution in [2.75, 3.05) is 21.1 Å². The molecule has 0 unspecified atom stereocenters. The number of halogens is 1. The highest BCUT2D eigenvalue weighted by Crippen LogP contribution is 2.17. The molecule has 2 rings (SSSR count). The van der Waals surface area contributed by atoms with Crippen LogP contribution in [0.15, 0.2) is 28.6 Å². The molecule has 0 aliphatic carbocycles. The van der Waals surface area contributed by atoms with Crippen molar-refractivity contribution in [3.63, 3.8) is 0 Å². The van der Waals surface area contributed by atoms with Gasteiger partial charge in [-0.15, -0.1) is 11.3 Å². The summed E-state index contributed by atoms with van der Waals surface area (Å²) in [6.45, 7) is 6.07. The Bertz CT molecular complexity index is 739. The van der Waals surface area contributed by atoms with E-state index in [0.717, 1.165) is 16.3 Å². The van der Waals surface area contributed by atoms with Gasteiger partial charge in [-0.2, -0.15) is 0 Å². The van der Waals surface area contributed by atoms with Crippen LogP contribution in [0.25, 0.3) is 0 Å². The SMILES string of the molecule is CN=C(NCc1ccc(F)c(CN(C)C)c1)NCc1nc(C(C)C)cs1. The molecule has 0 aliphatic rings. The highest BCUT2D eigenvalue weighted by atomic mass is 32.1. The van der Waals surface area contributed by atoms with Gasteiger partial charge in [0, 0.05) is 31.1 Å². The third kappa shape index (κ3) is 6.07. The van der Waals surface area contributed by atoms with Crippen molar-refractivity contribution in [3.05, 3.63) is 51.2 Å². The third-order valence-corrected chi connectivity index (χ3v) is 4.72. The molecule has 0 aliphatic heterocycles. The van der Waals surface area contributed by atoms with Crippen molar-refractivity contribution in [2.24, 2.45) is 4.99 Å². The molecule has 1 heterocycles. The van der Waals surface area contributed by atoms with Gasteiger partial charge in [-0.25, -0.2) is 9.37 Å². The Hall–Kier alpha value is -1.99. The zero-order valence-corrected chi connectivity index (χ0v) is 17.0. The molecule has 0 saturated carbocycles. The Kier molecular flexibility index (Phi) is 7.53. The first kappa shape index (κ1) is 20.3. The minimum absolute atomic E-state index is 0.172. The Morgan fingerprint density at radius 3 is 2.62 bits per heavy atom. The minimum atomic E-state index is -0.172. The van der Waals surface area contributed by atoms with Crippen LogP contribution in [-0.2, 0) is 19.6 Å². The van der Waals surface area contributed by atoms with Crippen LogP contribution < -0.4 is 10.6 Å². The molecule has 5 nitrogen and oxygen atoms in total. The number of thiazole rings is 1. The van der Waals surface area contributed by atoms with Crippen LogP contribution in [0.4, 0.5) is 4.39 Å². The lowest BCUT2D eigenvalue weighted by Gasteiger charge is -2.14. The number of aromatic nitrogens is 1. The number of benzene rings is 1. The Morgan fingerprint density at radius 1 is 1.27 bits per heavy atom. The quantitative estimate of drug-likeness (QED) is 0.574. The van der Waals surface area contributed by atoms with Gasteiger partial charge in [0.2, 0.25) is 0 Å². The molecular weight excluding hydrogens is 349 g/mol. The topological polar surface area (TPSA) is 52.6 Å². The molecule has 2 N–H and O–H groups in total. The lowest BCUT2D eigenvalue weighted by atomic mass is 10.1. The number of aliphatic imine (C=N–C) groups is 1. The summed E-state index contributed by atoms with van der Waals surface area (Å²) in [6.07, 6.45) is 0. The molecule has 1 aromatic heterocycles. The second-order valence-electron chi connectivity index (χ2n) is 6.76. The predicted octanol–water partition coefficient (Wildman–Crippen LogP) is 3.33. The standard InChI is InChI=1S/C19H28FN5S/c1-13(2)17-12-26-18(24-17)10-23-19(21-3)22-9-14-6-7-16(20)15(8-14)11-25(4)5/h6-8,12-13H,9-11H2,1-5H3,(H2,21,22,23). The van der Waals surface area contributed by atoms with Crippen molar-refractivity contribution in [2.45, 2.75) is 39.4 Å². The van der Waals surface area contributed by atoms with Crippen molar-refractivity contribution in [3.8, 4) is 0 Å². The molecule has 0 saturated heterocycles. The maximum absolute atomic E-state index is 13.9. The van der Waals surface area contributed by atoms with Gasteiger partial charge in [-0.05, 0) is 37.7 Å². The van der Waals surface area contributed by atoms with Gasteiger partial charge in [0.1, 0.15) is 10.8 Å². The van der Waals surface area contributed by atoms with Crippen LogP contribution in [0.2, 0.25) is 0 Å². The van der Waals surface area contributed by atoms with Crippen LogP contribution in [0.5, 0.6) is 0 Å². The molecule has 26 heavy (non-hydrogen) atoms. The van der Waals surface area contributed by atoms with Gasteiger partial charge < -0.3 is 15.5 Å². The van der Waals surface area contributed by atoms with E-state index in [4.69, 9.17) is 0 Å². The average Bonchev–Trinajstić information content (AvgIpc) is 3.06. The normalized spacial score (nSPS) is 12.1. The molecule has 2 aromatic rings. The van der Waals surface area contributed by atoms with E-state index in [0.29, 0.717) is 37.1 Å². The summed E-state index contributed by atoms with van der Waals surface area (Å²) in [5.41, 5.74) is 2.83. The summed E-state index contributed by atoms with van der Waals surface area (Å²) in [7, 11) is 5.59. The van der Waals surface area contributed by atoms with E-state index in [1.807, 2.05) is 25.1 Å². The van der Waals surface area contributed by atoms with E-state index in [9.17, 15) is 4.39 Å². The summed E-state index contributed by atoms with van der Waals surface area (Å²) >= 11 is 1.65. The van der Waals surface area contributed by atoms with E-state index < -0.39 is 0 Å². The van der Waals surface area contributed by atoms with Gasteiger partial charge in [-0.3, -0.25) is 4.99 Å². The van der Waals surface area contributed by atoms with Crippen LogP contribution in [-0.4, -0.2) is 37.0 Å². The van der Waals surface area contributed by atoms with Gasteiger partial charge in [0.25, 0.3) is 0 Å².